The first kappa shape index (κ1) is 43.8. The molecule has 2 saturated carbocycles. The zero-order valence-electron chi connectivity index (χ0n) is 34.3. The monoisotopic (exact) mass is 683 g/mol. The van der Waals surface area contributed by atoms with Gasteiger partial charge in [0.05, 0.1) is 0 Å². The van der Waals surface area contributed by atoms with Gasteiger partial charge in [0, 0.05) is 7.11 Å². The lowest BCUT2D eigenvalue weighted by Crippen LogP contribution is -2.14. The number of fused-ring (bicyclic) bond motifs is 2. The fraction of sp³-hybridized carbons (Fsp3) is 0.633. The first-order valence-electron chi connectivity index (χ1n) is 20.7. The van der Waals surface area contributed by atoms with Gasteiger partial charge in [-0.3, -0.25) is 0 Å². The summed E-state index contributed by atoms with van der Waals surface area (Å²) < 4.78 is 0. The van der Waals surface area contributed by atoms with Crippen LogP contribution < -0.4 is 0 Å². The Morgan fingerprint density at radius 1 is 0.420 bits per heavy atom. The maximum absolute atomic E-state index is 7.00. The Labute approximate surface area is 311 Å². The predicted molar refractivity (Wildman–Crippen MR) is 222 cm³/mol. The van der Waals surface area contributed by atoms with Crippen molar-refractivity contribution in [2.24, 2.45) is 35.5 Å². The molecule has 0 saturated heterocycles. The lowest BCUT2D eigenvalue weighted by atomic mass is 9.77. The first-order chi connectivity index (χ1) is 24.1. The highest BCUT2D eigenvalue weighted by molar-refractivity contribution is 5.35. The fourth-order valence-corrected chi connectivity index (χ4v) is 8.55. The Bertz CT molecular complexity index is 1220. The fourth-order valence-electron chi connectivity index (χ4n) is 8.55. The number of aliphatic hydroxyl groups is 1. The Balaban J connectivity index is 0.000000218. The molecule has 0 radical (unpaired) electrons. The molecule has 1 nitrogen and oxygen atoms in total. The van der Waals surface area contributed by atoms with Crippen LogP contribution in [0.2, 0.25) is 0 Å². The summed E-state index contributed by atoms with van der Waals surface area (Å²) in [7, 11) is 1.00. The molecule has 0 spiro atoms. The second kappa shape index (κ2) is 24.7. The molecule has 0 aromatic heterocycles. The third-order valence-electron chi connectivity index (χ3n) is 11.8. The molecule has 280 valence electrons. The summed E-state index contributed by atoms with van der Waals surface area (Å²) in [6.45, 7) is 20.8. The average molecular weight is 683 g/mol. The Hall–Kier alpha value is -2.38. The van der Waals surface area contributed by atoms with Crippen LogP contribution >= 0.6 is 0 Å². The van der Waals surface area contributed by atoms with Crippen LogP contribution in [0.4, 0.5) is 0 Å². The molecule has 2 unspecified atom stereocenters. The highest BCUT2D eigenvalue weighted by Gasteiger charge is 2.24. The van der Waals surface area contributed by atoms with Gasteiger partial charge in [-0.25, -0.2) is 0 Å². The number of benzene rings is 3. The van der Waals surface area contributed by atoms with E-state index >= 15 is 0 Å². The molecule has 2 atom stereocenters. The molecule has 1 N–H and O–H groups in total. The molecule has 0 amide bonds. The Kier molecular flexibility index (Phi) is 21.7. The molecule has 50 heavy (non-hydrogen) atoms. The molecular formula is C49H78O. The van der Waals surface area contributed by atoms with E-state index in [1.807, 2.05) is 18.2 Å². The van der Waals surface area contributed by atoms with E-state index in [0.717, 1.165) is 54.5 Å². The minimum Gasteiger partial charge on any atom is -0.400 e. The van der Waals surface area contributed by atoms with Crippen molar-refractivity contribution in [1.29, 1.82) is 0 Å². The van der Waals surface area contributed by atoms with E-state index in [9.17, 15) is 0 Å². The SMILES string of the molecule is CC(C)C1CCCC1.CC(C)C1CCCC1.CC(C)C1CCCc2ccccc21.CC(C)C1CCc2ccccc21.CO.Cc1ccccc1. The minimum absolute atomic E-state index is 0.793. The standard InChI is InChI=1S/C13H18.C12H16.2C8H16.C7H8.CH4O/c1-10(2)12-9-5-7-11-6-3-4-8-13(11)12;1-9(2)11-8-7-10-5-3-4-6-12(10)11;2*1-7(2)8-5-3-4-6-8;1-7-5-3-2-4-6-7;1-2/h3-4,6,8,10,12H,5,7,9H2,1-2H3;3-6,9,11H,7-8H2,1-2H3;2*7-8H,3-6H2,1-2H3;2-6H,1H3;2H,1H3. The van der Waals surface area contributed by atoms with Crippen molar-refractivity contribution in [3.63, 3.8) is 0 Å². The predicted octanol–water partition coefficient (Wildman–Crippen LogP) is 14.4. The number of hydrogen-bond acceptors (Lipinski definition) is 1. The smallest absolute Gasteiger partial charge is 0.0319 e. The van der Waals surface area contributed by atoms with Crippen LogP contribution in [0.15, 0.2) is 78.9 Å². The van der Waals surface area contributed by atoms with Crippen molar-refractivity contribution in [3.05, 3.63) is 107 Å². The Morgan fingerprint density at radius 2 is 0.800 bits per heavy atom. The molecule has 0 bridgehead atoms. The van der Waals surface area contributed by atoms with Crippen molar-refractivity contribution in [3.8, 4) is 0 Å². The quantitative estimate of drug-likeness (QED) is 0.290. The molecule has 3 aromatic rings. The lowest BCUT2D eigenvalue weighted by Gasteiger charge is -2.28. The van der Waals surface area contributed by atoms with Crippen LogP contribution in [-0.4, -0.2) is 12.2 Å². The number of hydrogen-bond donors (Lipinski definition) is 1. The third kappa shape index (κ3) is 15.5. The number of aliphatic hydroxyl groups excluding tert-OH is 1. The normalized spacial score (nSPS) is 19.4. The van der Waals surface area contributed by atoms with Crippen LogP contribution in [-0.2, 0) is 12.8 Å². The van der Waals surface area contributed by atoms with E-state index in [0.29, 0.717) is 0 Å². The minimum atomic E-state index is 0.793. The van der Waals surface area contributed by atoms with Crippen molar-refractivity contribution in [1.82, 2.24) is 0 Å². The molecule has 7 rings (SSSR count). The van der Waals surface area contributed by atoms with Crippen molar-refractivity contribution in [2.75, 3.05) is 7.11 Å². The molecule has 3 aromatic carbocycles. The molecule has 0 heterocycles. The van der Waals surface area contributed by atoms with Crippen LogP contribution in [0, 0.1) is 42.4 Å². The van der Waals surface area contributed by atoms with Gasteiger partial charge in [-0.15, -0.1) is 0 Å². The van der Waals surface area contributed by atoms with E-state index in [4.69, 9.17) is 5.11 Å². The van der Waals surface area contributed by atoms with Gasteiger partial charge in [0.2, 0.25) is 0 Å². The van der Waals surface area contributed by atoms with Crippen LogP contribution in [0.3, 0.4) is 0 Å². The highest BCUT2D eigenvalue weighted by atomic mass is 16.2. The van der Waals surface area contributed by atoms with Gasteiger partial charge in [0.15, 0.2) is 0 Å². The van der Waals surface area contributed by atoms with Gasteiger partial charge < -0.3 is 5.11 Å². The van der Waals surface area contributed by atoms with Crippen molar-refractivity contribution >= 4 is 0 Å². The maximum atomic E-state index is 7.00. The molecule has 4 aliphatic carbocycles. The zero-order valence-corrected chi connectivity index (χ0v) is 34.3. The van der Waals surface area contributed by atoms with E-state index in [2.05, 4.69) is 123 Å². The first-order valence-corrected chi connectivity index (χ1v) is 20.7. The van der Waals surface area contributed by atoms with Gasteiger partial charge in [0.25, 0.3) is 0 Å². The maximum Gasteiger partial charge on any atom is 0.0319 e. The largest absolute Gasteiger partial charge is 0.400 e. The highest BCUT2D eigenvalue weighted by Crippen LogP contribution is 2.38. The van der Waals surface area contributed by atoms with E-state index in [-0.39, 0.29) is 0 Å². The summed E-state index contributed by atoms with van der Waals surface area (Å²) in [6.07, 6.45) is 18.6. The summed E-state index contributed by atoms with van der Waals surface area (Å²) in [5.41, 5.74) is 7.71. The Morgan fingerprint density at radius 3 is 1.16 bits per heavy atom. The second-order valence-electron chi connectivity index (χ2n) is 16.8. The molecular weight excluding hydrogens is 605 g/mol. The summed E-state index contributed by atoms with van der Waals surface area (Å²) >= 11 is 0. The van der Waals surface area contributed by atoms with E-state index in [1.54, 1.807) is 22.3 Å². The van der Waals surface area contributed by atoms with Crippen LogP contribution in [0.25, 0.3) is 0 Å². The summed E-state index contributed by atoms with van der Waals surface area (Å²) in [5, 5.41) is 7.00. The van der Waals surface area contributed by atoms with Gasteiger partial charge >= 0.3 is 0 Å². The van der Waals surface area contributed by atoms with E-state index in [1.165, 1.54) is 89.0 Å². The van der Waals surface area contributed by atoms with E-state index < -0.39 is 0 Å². The molecule has 1 heteroatoms. The summed E-state index contributed by atoms with van der Waals surface area (Å²) in [4.78, 5) is 0. The van der Waals surface area contributed by atoms with Crippen molar-refractivity contribution in [2.45, 2.75) is 158 Å². The lowest BCUT2D eigenvalue weighted by molar-refractivity contribution is 0.396. The molecule has 0 aliphatic heterocycles. The van der Waals surface area contributed by atoms with Gasteiger partial charge in [-0.2, -0.15) is 0 Å². The summed E-state index contributed by atoms with van der Waals surface area (Å²) in [6, 6.07) is 28.1. The topological polar surface area (TPSA) is 20.2 Å². The third-order valence-corrected chi connectivity index (χ3v) is 11.8. The van der Waals surface area contributed by atoms with Crippen LogP contribution in [0.5, 0.6) is 0 Å². The average Bonchev–Trinajstić information content (AvgIpc) is 3.94. The second-order valence-corrected chi connectivity index (χ2v) is 16.8. The molecule has 4 aliphatic rings. The molecule has 2 fully saturated rings. The van der Waals surface area contributed by atoms with Crippen LogP contribution in [0.1, 0.15) is 166 Å². The zero-order chi connectivity index (χ0) is 36.9. The number of aryl methyl sites for hydroxylation is 3. The number of rotatable bonds is 4. The van der Waals surface area contributed by atoms with Gasteiger partial charge in [-0.05, 0) is 109 Å². The van der Waals surface area contributed by atoms with Gasteiger partial charge in [-0.1, -0.05) is 191 Å². The van der Waals surface area contributed by atoms with Crippen molar-refractivity contribution < 1.29 is 5.11 Å². The van der Waals surface area contributed by atoms with Gasteiger partial charge in [0.1, 0.15) is 0 Å². The summed E-state index contributed by atoms with van der Waals surface area (Å²) in [5.74, 6) is 7.24.